The lowest BCUT2D eigenvalue weighted by atomic mass is 9.97. The van der Waals surface area contributed by atoms with Crippen LogP contribution in [0.4, 0.5) is 21.0 Å². The first kappa shape index (κ1) is 21.5. The highest BCUT2D eigenvalue weighted by Gasteiger charge is 2.23. The van der Waals surface area contributed by atoms with E-state index in [9.17, 15) is 9.59 Å². The third-order valence-electron chi connectivity index (χ3n) is 5.28. The largest absolute Gasteiger partial charge is 0.495 e. The molecule has 0 bridgehead atoms. The summed E-state index contributed by atoms with van der Waals surface area (Å²) >= 11 is 0. The molecular weight excluding hydrogens is 380 g/mol. The van der Waals surface area contributed by atoms with Crippen LogP contribution < -0.4 is 20.7 Å². The lowest BCUT2D eigenvalue weighted by molar-refractivity contribution is 0.181. The maximum Gasteiger partial charge on any atom is 0.321 e. The van der Waals surface area contributed by atoms with Gasteiger partial charge in [-0.1, -0.05) is 18.2 Å². The number of rotatable bonds is 5. The quantitative estimate of drug-likeness (QED) is 0.684. The van der Waals surface area contributed by atoms with Crippen molar-refractivity contribution < 1.29 is 14.3 Å². The number of methoxy groups -OCH3 is 1. The summed E-state index contributed by atoms with van der Waals surface area (Å²) in [6.45, 7) is 5.93. The van der Waals surface area contributed by atoms with Crippen molar-refractivity contribution in [1.82, 2.24) is 10.2 Å². The lowest BCUT2D eigenvalue weighted by Gasteiger charge is -2.32. The number of ether oxygens (including phenoxy) is 1. The molecular formula is C23H30N4O3. The van der Waals surface area contributed by atoms with Gasteiger partial charge in [0.2, 0.25) is 0 Å². The van der Waals surface area contributed by atoms with Gasteiger partial charge >= 0.3 is 12.1 Å². The first-order valence-electron chi connectivity index (χ1n) is 10.3. The standard InChI is InChI=1S/C23H30N4O3/c1-16-12-17(2)14-19(13-16)25-22(28)24-15-18-8-10-27(11-9-18)23(29)26-20-6-4-5-7-21(20)30-3/h4-7,12-14,18H,8-11,15H2,1-3H3,(H,26,29)(H2,24,25,28). The predicted octanol–water partition coefficient (Wildman–Crippen LogP) is 4.38. The molecule has 1 aliphatic rings. The molecule has 1 saturated heterocycles. The van der Waals surface area contributed by atoms with Crippen LogP contribution in [-0.2, 0) is 0 Å². The Morgan fingerprint density at radius 1 is 1.03 bits per heavy atom. The van der Waals surface area contributed by atoms with E-state index in [2.05, 4.69) is 22.0 Å². The van der Waals surface area contributed by atoms with Gasteiger partial charge in [-0.2, -0.15) is 0 Å². The second-order valence-corrected chi connectivity index (χ2v) is 7.77. The molecule has 2 aromatic carbocycles. The molecule has 0 saturated carbocycles. The number of piperidine rings is 1. The van der Waals surface area contributed by atoms with Gasteiger partial charge in [-0.25, -0.2) is 9.59 Å². The average molecular weight is 411 g/mol. The molecule has 7 nitrogen and oxygen atoms in total. The summed E-state index contributed by atoms with van der Waals surface area (Å²) < 4.78 is 5.28. The van der Waals surface area contributed by atoms with Crippen LogP contribution in [-0.4, -0.2) is 43.7 Å². The molecule has 1 heterocycles. The Kier molecular flexibility index (Phi) is 7.17. The zero-order valence-corrected chi connectivity index (χ0v) is 17.8. The number of nitrogens with zero attached hydrogens (tertiary/aromatic N) is 1. The number of urea groups is 2. The van der Waals surface area contributed by atoms with Crippen LogP contribution in [0.25, 0.3) is 0 Å². The Balaban J connectivity index is 1.42. The van der Waals surface area contributed by atoms with Crippen LogP contribution in [0.2, 0.25) is 0 Å². The fourth-order valence-corrected chi connectivity index (χ4v) is 3.74. The number of benzene rings is 2. The van der Waals surface area contributed by atoms with Crippen LogP contribution in [0.15, 0.2) is 42.5 Å². The molecule has 0 spiro atoms. The van der Waals surface area contributed by atoms with Gasteiger partial charge in [-0.15, -0.1) is 0 Å². The monoisotopic (exact) mass is 410 g/mol. The molecule has 160 valence electrons. The maximum atomic E-state index is 12.5. The first-order valence-corrected chi connectivity index (χ1v) is 10.3. The lowest BCUT2D eigenvalue weighted by Crippen LogP contribution is -2.43. The maximum absolute atomic E-state index is 12.5. The zero-order valence-electron chi connectivity index (χ0n) is 17.8. The second kappa shape index (κ2) is 10.0. The predicted molar refractivity (Wildman–Crippen MR) is 119 cm³/mol. The number of amides is 4. The average Bonchev–Trinajstić information content (AvgIpc) is 2.72. The number of aryl methyl sites for hydroxylation is 2. The Morgan fingerprint density at radius 2 is 1.70 bits per heavy atom. The van der Waals surface area contributed by atoms with E-state index in [1.54, 1.807) is 12.0 Å². The SMILES string of the molecule is COc1ccccc1NC(=O)N1CCC(CNC(=O)Nc2cc(C)cc(C)c2)CC1. The van der Waals surface area contributed by atoms with E-state index in [0.717, 1.165) is 29.7 Å². The minimum Gasteiger partial charge on any atom is -0.495 e. The molecule has 3 rings (SSSR count). The summed E-state index contributed by atoms with van der Waals surface area (Å²) in [5.41, 5.74) is 3.69. The van der Waals surface area contributed by atoms with E-state index in [1.807, 2.05) is 50.2 Å². The van der Waals surface area contributed by atoms with Crippen molar-refractivity contribution >= 4 is 23.4 Å². The number of nitrogens with one attached hydrogen (secondary N) is 3. The fourth-order valence-electron chi connectivity index (χ4n) is 3.74. The van der Waals surface area contributed by atoms with E-state index in [1.165, 1.54) is 0 Å². The Morgan fingerprint density at radius 3 is 2.37 bits per heavy atom. The zero-order chi connectivity index (χ0) is 21.5. The van der Waals surface area contributed by atoms with Gasteiger partial charge in [-0.05, 0) is 68.0 Å². The van der Waals surface area contributed by atoms with E-state index >= 15 is 0 Å². The molecule has 3 N–H and O–H groups in total. The third-order valence-corrected chi connectivity index (χ3v) is 5.28. The molecule has 1 aliphatic heterocycles. The van der Waals surface area contributed by atoms with Crippen molar-refractivity contribution in [3.63, 3.8) is 0 Å². The van der Waals surface area contributed by atoms with Crippen molar-refractivity contribution in [1.29, 1.82) is 0 Å². The molecule has 0 radical (unpaired) electrons. The summed E-state index contributed by atoms with van der Waals surface area (Å²) in [6, 6.07) is 13.0. The number of carbonyl (C=O) groups is 2. The second-order valence-electron chi connectivity index (χ2n) is 7.77. The summed E-state index contributed by atoms with van der Waals surface area (Å²) in [5.74, 6) is 0.991. The van der Waals surface area contributed by atoms with Gasteiger partial charge < -0.3 is 25.6 Å². The minimum atomic E-state index is -0.198. The Hall–Kier alpha value is -3.22. The molecule has 0 atom stereocenters. The molecule has 0 unspecified atom stereocenters. The summed E-state index contributed by atoms with van der Waals surface area (Å²) in [7, 11) is 1.58. The third kappa shape index (κ3) is 5.89. The normalized spacial score (nSPS) is 14.2. The van der Waals surface area contributed by atoms with E-state index in [0.29, 0.717) is 37.0 Å². The summed E-state index contributed by atoms with van der Waals surface area (Å²) in [5, 5.41) is 8.76. The van der Waals surface area contributed by atoms with Crippen molar-refractivity contribution in [2.24, 2.45) is 5.92 Å². The van der Waals surface area contributed by atoms with Crippen molar-refractivity contribution in [3.8, 4) is 5.75 Å². The van der Waals surface area contributed by atoms with Gasteiger partial charge in [0.25, 0.3) is 0 Å². The topological polar surface area (TPSA) is 82.7 Å². The summed E-state index contributed by atoms with van der Waals surface area (Å²) in [6.07, 6.45) is 1.70. The molecule has 1 fully saturated rings. The van der Waals surface area contributed by atoms with Gasteiger partial charge in [0.15, 0.2) is 0 Å². The Labute approximate surface area is 177 Å². The number of likely N-dealkylation sites (tertiary alicyclic amines) is 1. The van der Waals surface area contributed by atoms with Gasteiger partial charge in [0, 0.05) is 25.3 Å². The highest BCUT2D eigenvalue weighted by atomic mass is 16.5. The molecule has 30 heavy (non-hydrogen) atoms. The van der Waals surface area contributed by atoms with Crippen LogP contribution in [0.1, 0.15) is 24.0 Å². The van der Waals surface area contributed by atoms with E-state index in [-0.39, 0.29) is 12.1 Å². The van der Waals surface area contributed by atoms with Crippen LogP contribution in [0.5, 0.6) is 5.75 Å². The van der Waals surface area contributed by atoms with Crippen LogP contribution >= 0.6 is 0 Å². The van der Waals surface area contributed by atoms with Crippen molar-refractivity contribution in [3.05, 3.63) is 53.6 Å². The molecule has 2 aromatic rings. The molecule has 0 aromatic heterocycles. The van der Waals surface area contributed by atoms with Gasteiger partial charge in [0.05, 0.1) is 12.8 Å². The number of hydrogen-bond acceptors (Lipinski definition) is 3. The number of hydrogen-bond donors (Lipinski definition) is 3. The van der Waals surface area contributed by atoms with E-state index < -0.39 is 0 Å². The number of carbonyl (C=O) groups excluding carboxylic acids is 2. The molecule has 4 amide bonds. The Bertz CT molecular complexity index is 872. The first-order chi connectivity index (χ1) is 14.4. The van der Waals surface area contributed by atoms with Crippen molar-refractivity contribution in [2.75, 3.05) is 37.4 Å². The molecule has 0 aliphatic carbocycles. The summed E-state index contributed by atoms with van der Waals surface area (Å²) in [4.78, 5) is 26.6. The van der Waals surface area contributed by atoms with Crippen molar-refractivity contribution in [2.45, 2.75) is 26.7 Å². The van der Waals surface area contributed by atoms with Gasteiger partial charge in [-0.3, -0.25) is 0 Å². The minimum absolute atomic E-state index is 0.126. The fraction of sp³-hybridized carbons (Fsp3) is 0.391. The highest BCUT2D eigenvalue weighted by Crippen LogP contribution is 2.24. The van der Waals surface area contributed by atoms with E-state index in [4.69, 9.17) is 4.74 Å². The smallest absolute Gasteiger partial charge is 0.321 e. The van der Waals surface area contributed by atoms with Crippen LogP contribution in [0.3, 0.4) is 0 Å². The number of para-hydroxylation sites is 2. The molecule has 7 heteroatoms. The highest BCUT2D eigenvalue weighted by molar-refractivity contribution is 5.91. The van der Waals surface area contributed by atoms with Gasteiger partial charge in [0.1, 0.15) is 5.75 Å². The van der Waals surface area contributed by atoms with Crippen LogP contribution in [0, 0.1) is 19.8 Å². The number of anilines is 2.